The Kier molecular flexibility index (Phi) is 4.50. The van der Waals surface area contributed by atoms with Gasteiger partial charge >= 0.3 is 0 Å². The van der Waals surface area contributed by atoms with Crippen LogP contribution in [-0.4, -0.2) is 57.7 Å². The Morgan fingerprint density at radius 2 is 1.86 bits per heavy atom. The minimum Gasteiger partial charge on any atom is -0.337 e. The lowest BCUT2D eigenvalue weighted by atomic mass is 9.68. The molecule has 0 radical (unpaired) electrons. The number of hydrogen-bond acceptors (Lipinski definition) is 3. The number of amides is 1. The zero-order valence-corrected chi connectivity index (χ0v) is 16.8. The number of aromatic nitrogens is 2. The van der Waals surface area contributed by atoms with Crippen molar-refractivity contribution in [2.45, 2.75) is 44.1 Å². The van der Waals surface area contributed by atoms with Crippen molar-refractivity contribution in [1.82, 2.24) is 19.6 Å². The van der Waals surface area contributed by atoms with Gasteiger partial charge in [0.2, 0.25) is 0 Å². The maximum atomic E-state index is 12.9. The Balaban J connectivity index is 1.32. The molecule has 0 N–H and O–H groups in total. The lowest BCUT2D eigenvalue weighted by Gasteiger charge is -2.50. The van der Waals surface area contributed by atoms with Crippen molar-refractivity contribution < 1.29 is 4.79 Å². The van der Waals surface area contributed by atoms with E-state index in [0.29, 0.717) is 17.0 Å². The summed E-state index contributed by atoms with van der Waals surface area (Å²) in [5.41, 5.74) is 2.53. The molecule has 1 saturated carbocycles. The molecule has 0 unspecified atom stereocenters. The molecule has 2 saturated heterocycles. The summed E-state index contributed by atoms with van der Waals surface area (Å²) in [6.45, 7) is 4.15. The van der Waals surface area contributed by atoms with Gasteiger partial charge in [0, 0.05) is 45.5 Å². The summed E-state index contributed by atoms with van der Waals surface area (Å²) in [6.07, 6.45) is 7.92. The fourth-order valence-corrected chi connectivity index (χ4v) is 5.39. The van der Waals surface area contributed by atoms with Crippen LogP contribution in [0.3, 0.4) is 0 Å². The van der Waals surface area contributed by atoms with Crippen LogP contribution >= 0.6 is 0 Å². The summed E-state index contributed by atoms with van der Waals surface area (Å²) in [5, 5.41) is 4.16. The van der Waals surface area contributed by atoms with E-state index in [1.54, 1.807) is 10.9 Å². The van der Waals surface area contributed by atoms with Gasteiger partial charge in [-0.15, -0.1) is 0 Å². The molecule has 1 atom stereocenters. The van der Waals surface area contributed by atoms with Crippen LogP contribution in [0.5, 0.6) is 0 Å². The highest BCUT2D eigenvalue weighted by Crippen LogP contribution is 2.47. The van der Waals surface area contributed by atoms with Crippen LogP contribution in [0.4, 0.5) is 0 Å². The fourth-order valence-electron chi connectivity index (χ4n) is 5.39. The van der Waals surface area contributed by atoms with Gasteiger partial charge in [0.15, 0.2) is 0 Å². The van der Waals surface area contributed by atoms with E-state index in [9.17, 15) is 4.79 Å². The molecular weight excluding hydrogens is 348 g/mol. The summed E-state index contributed by atoms with van der Waals surface area (Å²) in [6, 6.07) is 13.7. The van der Waals surface area contributed by atoms with Crippen LogP contribution in [-0.2, 0) is 7.05 Å². The second-order valence-electron chi connectivity index (χ2n) is 9.10. The number of nitrogens with zero attached hydrogens (tertiary/aromatic N) is 4. The molecule has 0 bridgehead atoms. The summed E-state index contributed by atoms with van der Waals surface area (Å²) in [5.74, 6) is 0.749. The molecule has 3 heterocycles. The Bertz CT molecular complexity index is 833. The third-order valence-corrected chi connectivity index (χ3v) is 7.16. The molecule has 148 valence electrons. The first-order valence-corrected chi connectivity index (χ1v) is 10.7. The number of carbonyl (C=O) groups is 1. The standard InChI is InChI=1S/C23H30N4O/c1-25-21(9-12-24-25)22(28)26-13-10-23(11-14-26)15-19(18-5-3-2-4-6-18)16-27(17-23)20-7-8-20/h2-6,9,12,19-20H,7-8,10-11,13-17H2,1H3/t19-/m0/s1. The van der Waals surface area contributed by atoms with Gasteiger partial charge in [0.05, 0.1) is 0 Å². The van der Waals surface area contributed by atoms with Crippen LogP contribution in [0, 0.1) is 5.41 Å². The van der Waals surface area contributed by atoms with Crippen molar-refractivity contribution in [3.63, 3.8) is 0 Å². The number of carbonyl (C=O) groups excluding carboxylic acids is 1. The summed E-state index contributed by atoms with van der Waals surface area (Å²) >= 11 is 0. The molecule has 3 fully saturated rings. The number of likely N-dealkylation sites (tertiary alicyclic amines) is 2. The lowest BCUT2D eigenvalue weighted by Crippen LogP contribution is -2.53. The Morgan fingerprint density at radius 3 is 2.50 bits per heavy atom. The largest absolute Gasteiger partial charge is 0.337 e. The summed E-state index contributed by atoms with van der Waals surface area (Å²) in [4.78, 5) is 17.7. The average molecular weight is 379 g/mol. The van der Waals surface area contributed by atoms with Crippen molar-refractivity contribution in [1.29, 1.82) is 0 Å². The van der Waals surface area contributed by atoms with Crippen LogP contribution in [0.25, 0.3) is 0 Å². The predicted molar refractivity (Wildman–Crippen MR) is 109 cm³/mol. The van der Waals surface area contributed by atoms with Crippen molar-refractivity contribution in [2.24, 2.45) is 12.5 Å². The lowest BCUT2D eigenvalue weighted by molar-refractivity contribution is 0.0107. The van der Waals surface area contributed by atoms with E-state index in [4.69, 9.17) is 0 Å². The van der Waals surface area contributed by atoms with E-state index in [2.05, 4.69) is 40.3 Å². The summed E-state index contributed by atoms with van der Waals surface area (Å²) in [7, 11) is 1.85. The predicted octanol–water partition coefficient (Wildman–Crippen LogP) is 3.29. The molecule has 1 amide bonds. The van der Waals surface area contributed by atoms with E-state index in [0.717, 1.165) is 32.0 Å². The normalized spacial score (nSPS) is 25.2. The number of piperidine rings is 2. The first kappa shape index (κ1) is 17.9. The third-order valence-electron chi connectivity index (χ3n) is 7.16. The first-order valence-electron chi connectivity index (χ1n) is 10.7. The smallest absolute Gasteiger partial charge is 0.272 e. The monoisotopic (exact) mass is 378 g/mol. The quantitative estimate of drug-likeness (QED) is 0.823. The second kappa shape index (κ2) is 7.03. The van der Waals surface area contributed by atoms with Gasteiger partial charge in [-0.25, -0.2) is 0 Å². The minimum absolute atomic E-state index is 0.129. The van der Waals surface area contributed by atoms with Crippen LogP contribution in [0.2, 0.25) is 0 Å². The SMILES string of the molecule is Cn1nccc1C(=O)N1CCC2(CC1)C[C@H](c1ccccc1)CN(C1CC1)C2. The molecule has 5 heteroatoms. The molecule has 1 spiro atoms. The zero-order chi connectivity index (χ0) is 19.1. The van der Waals surface area contributed by atoms with E-state index < -0.39 is 0 Å². The molecule has 5 rings (SSSR count). The molecule has 2 aliphatic heterocycles. The number of hydrogen-bond donors (Lipinski definition) is 0. The maximum absolute atomic E-state index is 12.9. The highest BCUT2D eigenvalue weighted by Gasteiger charge is 2.46. The van der Waals surface area contributed by atoms with Gasteiger partial charge in [-0.2, -0.15) is 5.10 Å². The molecule has 1 aromatic carbocycles. The molecule has 3 aliphatic rings. The highest BCUT2D eigenvalue weighted by atomic mass is 16.2. The van der Waals surface area contributed by atoms with Gasteiger partial charge in [-0.1, -0.05) is 30.3 Å². The minimum atomic E-state index is 0.129. The Morgan fingerprint density at radius 1 is 1.11 bits per heavy atom. The Hall–Kier alpha value is -2.14. The fraction of sp³-hybridized carbons (Fsp3) is 0.565. The molecule has 1 aliphatic carbocycles. The zero-order valence-electron chi connectivity index (χ0n) is 16.8. The van der Waals surface area contributed by atoms with Crippen LogP contribution in [0.15, 0.2) is 42.6 Å². The molecule has 2 aromatic rings. The van der Waals surface area contributed by atoms with Crippen molar-refractivity contribution in [2.75, 3.05) is 26.2 Å². The van der Waals surface area contributed by atoms with E-state index in [-0.39, 0.29) is 5.91 Å². The maximum Gasteiger partial charge on any atom is 0.272 e. The number of rotatable bonds is 3. The second-order valence-corrected chi connectivity index (χ2v) is 9.10. The van der Waals surface area contributed by atoms with Gasteiger partial charge < -0.3 is 4.90 Å². The Labute approximate surface area is 167 Å². The number of benzene rings is 1. The first-order chi connectivity index (χ1) is 13.6. The molecule has 1 aromatic heterocycles. The summed E-state index contributed by atoms with van der Waals surface area (Å²) < 4.78 is 1.69. The van der Waals surface area contributed by atoms with Gasteiger partial charge in [-0.3, -0.25) is 14.4 Å². The van der Waals surface area contributed by atoms with Gasteiger partial charge in [-0.05, 0) is 55.1 Å². The average Bonchev–Trinajstić information content (AvgIpc) is 3.49. The van der Waals surface area contributed by atoms with Crippen LogP contribution < -0.4 is 0 Å². The van der Waals surface area contributed by atoms with E-state index in [1.807, 2.05) is 18.0 Å². The number of aryl methyl sites for hydroxylation is 1. The highest BCUT2D eigenvalue weighted by molar-refractivity contribution is 5.92. The molecule has 5 nitrogen and oxygen atoms in total. The molecular formula is C23H30N4O. The van der Waals surface area contributed by atoms with Crippen molar-refractivity contribution in [3.05, 3.63) is 53.9 Å². The van der Waals surface area contributed by atoms with E-state index in [1.165, 1.54) is 37.9 Å². The van der Waals surface area contributed by atoms with Crippen LogP contribution in [0.1, 0.15) is 54.1 Å². The third kappa shape index (κ3) is 3.37. The van der Waals surface area contributed by atoms with E-state index >= 15 is 0 Å². The van der Waals surface area contributed by atoms with Crippen molar-refractivity contribution in [3.8, 4) is 0 Å². The van der Waals surface area contributed by atoms with Gasteiger partial charge in [0.1, 0.15) is 5.69 Å². The van der Waals surface area contributed by atoms with Crippen molar-refractivity contribution >= 4 is 5.91 Å². The van der Waals surface area contributed by atoms with Gasteiger partial charge in [0.25, 0.3) is 5.91 Å². The topological polar surface area (TPSA) is 41.4 Å². The molecule has 28 heavy (non-hydrogen) atoms.